The van der Waals surface area contributed by atoms with Crippen molar-refractivity contribution in [2.24, 2.45) is 5.92 Å². The summed E-state index contributed by atoms with van der Waals surface area (Å²) in [4.78, 5) is 24.1. The molecule has 3 fully saturated rings. The molecule has 1 saturated carbocycles. The van der Waals surface area contributed by atoms with Crippen LogP contribution in [0.2, 0.25) is 5.02 Å². The molecule has 3 aliphatic rings. The fourth-order valence-electron chi connectivity index (χ4n) is 7.13. The van der Waals surface area contributed by atoms with Gasteiger partial charge in [0.25, 0.3) is 5.92 Å². The third-order valence-corrected chi connectivity index (χ3v) is 11.7. The SMILES string of the molecule is O=C(C(NS(=O)(=O)c1ccc2cc(OC3CCCC3)ccc2c1)C(F)(F)c1ccc(-c2ccc(Cl)cc2)cc1)N1CC[C@@H]2CNC[C@@H]21.O=C(O)C(F)(F)F. The highest BCUT2D eigenvalue weighted by molar-refractivity contribution is 7.89. The molecule has 0 spiro atoms. The maximum atomic E-state index is 16.5. The number of rotatable bonds is 9. The van der Waals surface area contributed by atoms with E-state index in [9.17, 15) is 26.4 Å². The summed E-state index contributed by atoms with van der Waals surface area (Å²) in [7, 11) is -4.56. The molecule has 2 heterocycles. The maximum Gasteiger partial charge on any atom is 0.490 e. The van der Waals surface area contributed by atoms with Gasteiger partial charge in [0.15, 0.2) is 6.04 Å². The average molecular weight is 794 g/mol. The van der Waals surface area contributed by atoms with Gasteiger partial charge in [-0.15, -0.1) is 0 Å². The predicted molar refractivity (Wildman–Crippen MR) is 192 cm³/mol. The number of halogens is 6. The zero-order chi connectivity index (χ0) is 38.8. The zero-order valence-electron chi connectivity index (χ0n) is 28.7. The molecule has 1 amide bonds. The van der Waals surface area contributed by atoms with Gasteiger partial charge in [0.1, 0.15) is 5.75 Å². The van der Waals surface area contributed by atoms with Gasteiger partial charge in [-0.05, 0) is 96.3 Å². The van der Waals surface area contributed by atoms with Crippen LogP contribution in [0.1, 0.15) is 37.7 Å². The molecule has 3 atom stereocenters. The van der Waals surface area contributed by atoms with Crippen LogP contribution >= 0.6 is 11.6 Å². The third kappa shape index (κ3) is 8.80. The lowest BCUT2D eigenvalue weighted by Crippen LogP contribution is -2.57. The van der Waals surface area contributed by atoms with Crippen LogP contribution in [0.3, 0.4) is 0 Å². The van der Waals surface area contributed by atoms with Gasteiger partial charge < -0.3 is 20.1 Å². The van der Waals surface area contributed by atoms with E-state index < -0.39 is 45.6 Å². The highest BCUT2D eigenvalue weighted by Gasteiger charge is 2.52. The molecule has 16 heteroatoms. The summed E-state index contributed by atoms with van der Waals surface area (Å²) in [5.41, 5.74) is 0.991. The van der Waals surface area contributed by atoms with Crippen molar-refractivity contribution in [1.82, 2.24) is 14.9 Å². The Morgan fingerprint density at radius 1 is 0.852 bits per heavy atom. The number of fused-ring (bicyclic) bond motifs is 2. The molecular formula is C38H37ClF5N3O6S. The maximum absolute atomic E-state index is 16.5. The number of carboxylic acids is 1. The minimum Gasteiger partial charge on any atom is -0.490 e. The summed E-state index contributed by atoms with van der Waals surface area (Å²) in [6, 6.07) is 19.7. The van der Waals surface area contributed by atoms with Crippen LogP contribution in [-0.4, -0.2) is 74.3 Å². The van der Waals surface area contributed by atoms with E-state index in [4.69, 9.17) is 26.2 Å². The topological polar surface area (TPSA) is 125 Å². The number of amides is 1. The lowest BCUT2D eigenvalue weighted by atomic mass is 9.97. The largest absolute Gasteiger partial charge is 0.490 e. The van der Waals surface area contributed by atoms with E-state index in [0.717, 1.165) is 36.6 Å². The van der Waals surface area contributed by atoms with Crippen LogP contribution in [-0.2, 0) is 25.5 Å². The molecule has 1 unspecified atom stereocenters. The number of aliphatic carboxylic acids is 1. The highest BCUT2D eigenvalue weighted by Crippen LogP contribution is 2.38. The minimum absolute atomic E-state index is 0.145. The molecule has 0 aromatic heterocycles. The normalized spacial score (nSPS) is 19.6. The Hall–Kier alpha value is -4.31. The number of carboxylic acid groups (broad SMARTS) is 1. The van der Waals surface area contributed by atoms with E-state index in [1.54, 1.807) is 42.5 Å². The van der Waals surface area contributed by atoms with Gasteiger partial charge >= 0.3 is 12.1 Å². The summed E-state index contributed by atoms with van der Waals surface area (Å²) >= 11 is 6.00. The first-order valence-electron chi connectivity index (χ1n) is 17.3. The lowest BCUT2D eigenvalue weighted by molar-refractivity contribution is -0.192. The Balaban J connectivity index is 0.000000649. The Kier molecular flexibility index (Phi) is 11.5. The van der Waals surface area contributed by atoms with Crippen molar-refractivity contribution in [1.29, 1.82) is 0 Å². The number of alkyl halides is 5. The number of carbonyl (C=O) groups excluding carboxylic acids is 1. The van der Waals surface area contributed by atoms with Gasteiger partial charge in [-0.1, -0.05) is 60.1 Å². The van der Waals surface area contributed by atoms with Gasteiger partial charge in [-0.3, -0.25) is 4.79 Å². The van der Waals surface area contributed by atoms with E-state index >= 15 is 8.78 Å². The van der Waals surface area contributed by atoms with Gasteiger partial charge in [0, 0.05) is 36.3 Å². The van der Waals surface area contributed by atoms with E-state index in [-0.39, 0.29) is 23.0 Å². The van der Waals surface area contributed by atoms with E-state index in [1.165, 1.54) is 41.3 Å². The van der Waals surface area contributed by atoms with Gasteiger partial charge in [0.05, 0.1) is 11.0 Å². The number of sulfonamides is 1. The Morgan fingerprint density at radius 3 is 2.07 bits per heavy atom. The number of benzene rings is 4. The van der Waals surface area contributed by atoms with Crippen LogP contribution in [0, 0.1) is 5.92 Å². The third-order valence-electron chi connectivity index (χ3n) is 10.00. The second-order valence-electron chi connectivity index (χ2n) is 13.6. The number of carbonyl (C=O) groups is 2. The number of likely N-dealkylation sites (tertiary alicyclic amines) is 1. The molecular weight excluding hydrogens is 757 g/mol. The summed E-state index contributed by atoms with van der Waals surface area (Å²) in [5, 5.41) is 12.3. The quantitative estimate of drug-likeness (QED) is 0.151. The first-order chi connectivity index (χ1) is 25.5. The van der Waals surface area contributed by atoms with Gasteiger partial charge in [-0.25, -0.2) is 13.2 Å². The van der Waals surface area contributed by atoms with E-state index in [0.29, 0.717) is 47.8 Å². The van der Waals surface area contributed by atoms with Crippen LogP contribution in [0.4, 0.5) is 22.0 Å². The highest BCUT2D eigenvalue weighted by atomic mass is 35.5. The molecule has 0 bridgehead atoms. The van der Waals surface area contributed by atoms with E-state index in [1.807, 2.05) is 6.07 Å². The van der Waals surface area contributed by atoms with Crippen molar-refractivity contribution < 1.29 is 49.8 Å². The molecule has 0 radical (unpaired) electrons. The Bertz CT molecular complexity index is 2100. The minimum atomic E-state index is -5.08. The predicted octanol–water partition coefficient (Wildman–Crippen LogP) is 7.37. The monoisotopic (exact) mass is 793 g/mol. The zero-order valence-corrected chi connectivity index (χ0v) is 30.2. The van der Waals surface area contributed by atoms with Crippen molar-refractivity contribution in [3.05, 3.63) is 95.5 Å². The standard InChI is InChI=1S/C36H36ClF2N3O4S.C2HF3O2/c37-29-13-7-24(8-14-29)23-5-11-28(12-6-23)36(38,39)34(35(43)42-18-17-27-21-40-22-33(27)42)41-47(44,45)32-16-10-25-19-31(15-9-26(25)20-32)46-30-3-1-2-4-30;3-2(4,5)1(6)7/h5-16,19-20,27,30,33-34,40-41H,1-4,17-18,21-22H2;(H,6,7)/t27-,33+,34?;/m1./s1. The second kappa shape index (κ2) is 15.8. The molecule has 9 nitrogen and oxygen atoms in total. The summed E-state index contributed by atoms with van der Waals surface area (Å²) in [6.07, 6.45) is 0.0492. The second-order valence-corrected chi connectivity index (χ2v) is 15.7. The van der Waals surface area contributed by atoms with Crippen LogP contribution in [0.15, 0.2) is 89.8 Å². The number of hydrogen-bond donors (Lipinski definition) is 3. The van der Waals surface area contributed by atoms with Gasteiger partial charge in [-0.2, -0.15) is 26.7 Å². The molecule has 1 aliphatic carbocycles. The van der Waals surface area contributed by atoms with Crippen molar-refractivity contribution in [3.63, 3.8) is 0 Å². The molecule has 4 aromatic carbocycles. The van der Waals surface area contributed by atoms with Crippen LogP contribution in [0.5, 0.6) is 5.75 Å². The van der Waals surface area contributed by atoms with Crippen LogP contribution in [0.25, 0.3) is 21.9 Å². The summed E-state index contributed by atoms with van der Waals surface area (Å²) in [5.74, 6) is -6.71. The Morgan fingerprint density at radius 2 is 1.44 bits per heavy atom. The lowest BCUT2D eigenvalue weighted by Gasteiger charge is -2.33. The van der Waals surface area contributed by atoms with E-state index in [2.05, 4.69) is 10.0 Å². The van der Waals surface area contributed by atoms with Crippen LogP contribution < -0.4 is 14.8 Å². The molecule has 2 saturated heterocycles. The first-order valence-corrected chi connectivity index (χ1v) is 19.2. The fourth-order valence-corrected chi connectivity index (χ4v) is 8.48. The van der Waals surface area contributed by atoms with Crippen molar-refractivity contribution >= 4 is 44.3 Å². The average Bonchev–Trinajstić information content (AvgIpc) is 3.91. The summed E-state index contributed by atoms with van der Waals surface area (Å²) in [6.45, 7) is 1.47. The summed E-state index contributed by atoms with van der Waals surface area (Å²) < 4.78 is 101. The molecule has 7 rings (SSSR count). The number of nitrogens with zero attached hydrogens (tertiary/aromatic N) is 1. The van der Waals surface area contributed by atoms with Gasteiger partial charge in [0.2, 0.25) is 15.9 Å². The van der Waals surface area contributed by atoms with Crippen molar-refractivity contribution in [2.45, 2.75) is 67.3 Å². The first kappa shape index (κ1) is 39.4. The smallest absolute Gasteiger partial charge is 0.490 e. The number of nitrogens with one attached hydrogen (secondary N) is 2. The molecule has 3 N–H and O–H groups in total. The molecule has 54 heavy (non-hydrogen) atoms. The number of ether oxygens (including phenoxy) is 1. The van der Waals surface area contributed by atoms with Crippen molar-refractivity contribution in [3.8, 4) is 16.9 Å². The number of hydrogen-bond acceptors (Lipinski definition) is 6. The molecule has 4 aromatic rings. The Labute approximate surface area is 313 Å². The fraction of sp³-hybridized carbons (Fsp3) is 0.368. The molecule has 288 valence electrons. The van der Waals surface area contributed by atoms with Crippen molar-refractivity contribution in [2.75, 3.05) is 19.6 Å². The molecule has 2 aliphatic heterocycles.